The third kappa shape index (κ3) is 1.69. The average molecular weight is 207 g/mol. The summed E-state index contributed by atoms with van der Waals surface area (Å²) in [6.45, 7) is 4.91. The molecule has 4 heteroatoms. The number of aryl methyl sites for hydroxylation is 1. The fourth-order valence-corrected chi connectivity index (χ4v) is 2.31. The molecular weight excluding hydrogens is 190 g/mol. The minimum Gasteiger partial charge on any atom is -0.311 e. The van der Waals surface area contributed by atoms with E-state index in [-0.39, 0.29) is 5.56 Å². The zero-order chi connectivity index (χ0) is 11.0. The zero-order valence-electron chi connectivity index (χ0n) is 9.50. The Morgan fingerprint density at radius 3 is 3.00 bits per heavy atom. The van der Waals surface area contributed by atoms with E-state index < -0.39 is 0 Å². The molecule has 1 N–H and O–H groups in total. The lowest BCUT2D eigenvalue weighted by atomic mass is 9.97. The van der Waals surface area contributed by atoms with E-state index in [0.29, 0.717) is 11.9 Å². The molecule has 2 rings (SSSR count). The molecule has 0 saturated heterocycles. The molecule has 1 aliphatic heterocycles. The molecule has 15 heavy (non-hydrogen) atoms. The van der Waals surface area contributed by atoms with E-state index in [0.717, 1.165) is 30.6 Å². The van der Waals surface area contributed by atoms with Crippen LogP contribution in [0, 0.1) is 6.92 Å². The highest BCUT2D eigenvalue weighted by atomic mass is 16.1. The number of nitrogens with one attached hydrogen (secondary N) is 1. The molecule has 1 atom stereocenters. The predicted octanol–water partition coefficient (Wildman–Crippen LogP) is 1.02. The van der Waals surface area contributed by atoms with Crippen LogP contribution in [0.15, 0.2) is 4.79 Å². The normalized spacial score (nSPS) is 21.4. The van der Waals surface area contributed by atoms with Gasteiger partial charge in [0.2, 0.25) is 0 Å². The number of H-pyrrole nitrogens is 1. The van der Waals surface area contributed by atoms with E-state index in [4.69, 9.17) is 0 Å². The lowest BCUT2D eigenvalue weighted by molar-refractivity contribution is 0.218. The Bertz CT molecular complexity index is 424. The first-order valence-corrected chi connectivity index (χ1v) is 5.43. The van der Waals surface area contributed by atoms with E-state index in [1.807, 2.05) is 6.92 Å². The second-order valence-electron chi connectivity index (χ2n) is 4.17. The lowest BCUT2D eigenvalue weighted by Crippen LogP contribution is -2.36. The summed E-state index contributed by atoms with van der Waals surface area (Å²) in [5, 5.41) is 0. The molecule has 0 aromatic carbocycles. The van der Waals surface area contributed by atoms with Crippen molar-refractivity contribution in [1.82, 2.24) is 14.9 Å². The molecule has 0 spiro atoms. The quantitative estimate of drug-likeness (QED) is 0.748. The van der Waals surface area contributed by atoms with E-state index in [9.17, 15) is 4.79 Å². The van der Waals surface area contributed by atoms with Crippen LogP contribution in [-0.2, 0) is 6.42 Å². The third-order valence-electron chi connectivity index (χ3n) is 3.11. The van der Waals surface area contributed by atoms with Gasteiger partial charge in [-0.3, -0.25) is 9.69 Å². The molecule has 1 aliphatic rings. The fraction of sp³-hybridized carbons (Fsp3) is 0.636. The number of aromatic nitrogens is 2. The smallest absolute Gasteiger partial charge is 0.254 e. The molecule has 4 nitrogen and oxygen atoms in total. The zero-order valence-corrected chi connectivity index (χ0v) is 9.50. The minimum atomic E-state index is 0.0454. The maximum Gasteiger partial charge on any atom is 0.254 e. The van der Waals surface area contributed by atoms with Gasteiger partial charge in [0.05, 0.1) is 11.7 Å². The van der Waals surface area contributed by atoms with Crippen LogP contribution in [0.2, 0.25) is 0 Å². The topological polar surface area (TPSA) is 49.0 Å². The standard InChI is InChI=1S/C11H17N3O/c1-4-9-10-8(5-6-14(9)3)11(15)13-7(2)12-10/h9H,4-6H2,1-3H3,(H,12,13,15). The predicted molar refractivity (Wildman–Crippen MR) is 59.0 cm³/mol. The van der Waals surface area contributed by atoms with E-state index >= 15 is 0 Å². The van der Waals surface area contributed by atoms with Crippen LogP contribution in [0.1, 0.15) is 36.5 Å². The van der Waals surface area contributed by atoms with Crippen LogP contribution in [0.4, 0.5) is 0 Å². The summed E-state index contributed by atoms with van der Waals surface area (Å²) in [4.78, 5) is 21.3. The molecule has 0 saturated carbocycles. The van der Waals surface area contributed by atoms with Crippen LogP contribution in [0.3, 0.4) is 0 Å². The maximum absolute atomic E-state index is 11.7. The summed E-state index contributed by atoms with van der Waals surface area (Å²) in [5.41, 5.74) is 1.90. The largest absolute Gasteiger partial charge is 0.311 e. The monoisotopic (exact) mass is 207 g/mol. The summed E-state index contributed by atoms with van der Waals surface area (Å²) in [6, 6.07) is 0.301. The number of hydrogen-bond acceptors (Lipinski definition) is 3. The van der Waals surface area contributed by atoms with Gasteiger partial charge in [0.15, 0.2) is 0 Å². The second kappa shape index (κ2) is 3.77. The highest BCUT2D eigenvalue weighted by Gasteiger charge is 2.26. The summed E-state index contributed by atoms with van der Waals surface area (Å²) in [7, 11) is 2.09. The molecule has 2 heterocycles. The maximum atomic E-state index is 11.7. The molecule has 1 aromatic rings. The highest BCUT2D eigenvalue weighted by molar-refractivity contribution is 5.24. The first kappa shape index (κ1) is 10.4. The van der Waals surface area contributed by atoms with Crippen molar-refractivity contribution in [3.63, 3.8) is 0 Å². The van der Waals surface area contributed by atoms with E-state index in [1.165, 1.54) is 0 Å². The van der Waals surface area contributed by atoms with Crippen molar-refractivity contribution in [2.75, 3.05) is 13.6 Å². The molecular formula is C11H17N3O. The Morgan fingerprint density at radius 2 is 2.33 bits per heavy atom. The molecule has 1 unspecified atom stereocenters. The van der Waals surface area contributed by atoms with E-state index in [1.54, 1.807) is 0 Å². The summed E-state index contributed by atoms with van der Waals surface area (Å²) < 4.78 is 0. The van der Waals surface area contributed by atoms with Crippen molar-refractivity contribution in [3.05, 3.63) is 27.4 Å². The van der Waals surface area contributed by atoms with Gasteiger partial charge in [0.1, 0.15) is 5.82 Å². The Kier molecular flexibility index (Phi) is 2.61. The lowest BCUT2D eigenvalue weighted by Gasteiger charge is -2.32. The number of rotatable bonds is 1. The van der Waals surface area contributed by atoms with Crippen LogP contribution < -0.4 is 5.56 Å². The van der Waals surface area contributed by atoms with Crippen molar-refractivity contribution in [3.8, 4) is 0 Å². The van der Waals surface area contributed by atoms with Crippen molar-refractivity contribution in [2.45, 2.75) is 32.7 Å². The summed E-state index contributed by atoms with van der Waals surface area (Å²) in [5.74, 6) is 0.715. The van der Waals surface area contributed by atoms with Gasteiger partial charge in [0.25, 0.3) is 5.56 Å². The Morgan fingerprint density at radius 1 is 1.60 bits per heavy atom. The fourth-order valence-electron chi connectivity index (χ4n) is 2.31. The number of likely N-dealkylation sites (N-methyl/N-ethyl adjacent to an activating group) is 1. The summed E-state index contributed by atoms with van der Waals surface area (Å²) >= 11 is 0. The molecule has 0 radical (unpaired) electrons. The molecule has 0 bridgehead atoms. The summed E-state index contributed by atoms with van der Waals surface area (Å²) in [6.07, 6.45) is 1.81. The van der Waals surface area contributed by atoms with Crippen molar-refractivity contribution in [2.24, 2.45) is 0 Å². The first-order valence-electron chi connectivity index (χ1n) is 5.43. The highest BCUT2D eigenvalue weighted by Crippen LogP contribution is 2.27. The molecule has 0 amide bonds. The van der Waals surface area contributed by atoms with Crippen molar-refractivity contribution in [1.29, 1.82) is 0 Å². The SMILES string of the molecule is CCC1c2nc(C)[nH]c(=O)c2CCN1C. The first-order chi connectivity index (χ1) is 7.13. The Balaban J connectivity index is 2.57. The van der Waals surface area contributed by atoms with Crippen LogP contribution in [0.5, 0.6) is 0 Å². The van der Waals surface area contributed by atoms with Gasteiger partial charge in [-0.15, -0.1) is 0 Å². The second-order valence-corrected chi connectivity index (χ2v) is 4.17. The number of nitrogens with zero attached hydrogens (tertiary/aromatic N) is 2. The van der Waals surface area contributed by atoms with Crippen molar-refractivity contribution < 1.29 is 0 Å². The molecule has 0 fully saturated rings. The average Bonchev–Trinajstić information content (AvgIpc) is 2.17. The van der Waals surface area contributed by atoms with Crippen LogP contribution in [-0.4, -0.2) is 28.5 Å². The molecule has 1 aromatic heterocycles. The minimum absolute atomic E-state index is 0.0454. The Hall–Kier alpha value is -1.16. The number of aromatic amines is 1. The Labute approximate surface area is 89.3 Å². The molecule has 82 valence electrons. The van der Waals surface area contributed by atoms with Gasteiger partial charge in [-0.2, -0.15) is 0 Å². The van der Waals surface area contributed by atoms with Crippen LogP contribution in [0.25, 0.3) is 0 Å². The van der Waals surface area contributed by atoms with Crippen molar-refractivity contribution >= 4 is 0 Å². The van der Waals surface area contributed by atoms with Crippen LogP contribution >= 0.6 is 0 Å². The van der Waals surface area contributed by atoms with Gasteiger partial charge >= 0.3 is 0 Å². The van der Waals surface area contributed by atoms with E-state index in [2.05, 4.69) is 28.8 Å². The molecule has 0 aliphatic carbocycles. The van der Waals surface area contributed by atoms with Gasteiger partial charge < -0.3 is 4.98 Å². The van der Waals surface area contributed by atoms with Gasteiger partial charge in [0, 0.05) is 12.1 Å². The number of hydrogen-bond donors (Lipinski definition) is 1. The van der Waals surface area contributed by atoms with Gasteiger partial charge in [-0.25, -0.2) is 4.98 Å². The van der Waals surface area contributed by atoms with Gasteiger partial charge in [-0.1, -0.05) is 6.92 Å². The third-order valence-corrected chi connectivity index (χ3v) is 3.11. The van der Waals surface area contributed by atoms with Gasteiger partial charge in [-0.05, 0) is 26.8 Å². The number of fused-ring (bicyclic) bond motifs is 1.